The molecule has 1 saturated heterocycles. The first-order valence-electron chi connectivity index (χ1n) is 6.87. The van der Waals surface area contributed by atoms with E-state index in [-0.39, 0.29) is 17.7 Å². The minimum Gasteiger partial charge on any atom is -0.340 e. The van der Waals surface area contributed by atoms with Gasteiger partial charge >= 0.3 is 0 Å². The van der Waals surface area contributed by atoms with Gasteiger partial charge in [-0.3, -0.25) is 4.79 Å². The molecule has 1 atom stereocenters. The zero-order valence-corrected chi connectivity index (χ0v) is 12.7. The predicted octanol–water partition coefficient (Wildman–Crippen LogP) is 0.870. The number of hydrogen-bond donors (Lipinski definition) is 0. The summed E-state index contributed by atoms with van der Waals surface area (Å²) in [6, 6.07) is 0.192. The van der Waals surface area contributed by atoms with Crippen LogP contribution in [0.1, 0.15) is 32.7 Å². The van der Waals surface area contributed by atoms with Crippen LogP contribution >= 0.6 is 0 Å². The monoisotopic (exact) mass is 299 g/mol. The first kappa shape index (κ1) is 15.0. The van der Waals surface area contributed by atoms with Crippen molar-refractivity contribution in [3.8, 4) is 0 Å². The first-order valence-corrected chi connectivity index (χ1v) is 8.58. The fraction of sp³-hybridized carbons (Fsp3) is 0.692. The maximum absolute atomic E-state index is 12.2. The normalized spacial score (nSPS) is 20.4. The molecule has 0 N–H and O–H groups in total. The number of carbonyl (C=O) groups excluding carboxylic acids is 1. The molecular weight excluding hydrogens is 278 g/mol. The standard InChI is InChI=1S/C13H21N3O3S/c1-11(2)20(18,19)9-13(17)15-6-3-4-12(8-15)16-7-5-14-10-16/h5,7,10-12H,3-4,6,8-9H2,1-2H3/t12-/m0/s1. The number of hydrogen-bond acceptors (Lipinski definition) is 4. The van der Waals surface area contributed by atoms with E-state index in [1.165, 1.54) is 0 Å². The molecule has 0 radical (unpaired) electrons. The maximum Gasteiger partial charge on any atom is 0.237 e. The Balaban J connectivity index is 2.00. The molecule has 20 heavy (non-hydrogen) atoms. The Hall–Kier alpha value is -1.37. The molecule has 2 heterocycles. The molecule has 1 fully saturated rings. The van der Waals surface area contributed by atoms with E-state index >= 15 is 0 Å². The summed E-state index contributed by atoms with van der Waals surface area (Å²) in [5, 5.41) is -0.513. The molecule has 7 heteroatoms. The maximum atomic E-state index is 12.2. The van der Waals surface area contributed by atoms with Crippen LogP contribution in [0.5, 0.6) is 0 Å². The SMILES string of the molecule is CC(C)S(=O)(=O)CC(=O)N1CCC[C@H](n2ccnc2)C1. The molecule has 1 aromatic rings. The van der Waals surface area contributed by atoms with E-state index in [0.717, 1.165) is 12.8 Å². The van der Waals surface area contributed by atoms with E-state index in [0.29, 0.717) is 13.1 Å². The summed E-state index contributed by atoms with van der Waals surface area (Å²) < 4.78 is 25.6. The third-order valence-corrected chi connectivity index (χ3v) is 5.82. The molecule has 2 rings (SSSR count). The molecule has 1 aliphatic rings. The quantitative estimate of drug-likeness (QED) is 0.827. The van der Waals surface area contributed by atoms with Crippen molar-refractivity contribution in [2.75, 3.05) is 18.8 Å². The van der Waals surface area contributed by atoms with Crippen LogP contribution in [0.2, 0.25) is 0 Å². The lowest BCUT2D eigenvalue weighted by molar-refractivity contribution is -0.130. The van der Waals surface area contributed by atoms with Crippen LogP contribution in [0.25, 0.3) is 0 Å². The van der Waals surface area contributed by atoms with Crippen LogP contribution < -0.4 is 0 Å². The highest BCUT2D eigenvalue weighted by Crippen LogP contribution is 2.21. The van der Waals surface area contributed by atoms with Crippen LogP contribution in [0, 0.1) is 0 Å². The Morgan fingerprint density at radius 1 is 1.45 bits per heavy atom. The molecule has 0 saturated carbocycles. The van der Waals surface area contributed by atoms with Crippen molar-refractivity contribution in [2.45, 2.75) is 38.0 Å². The van der Waals surface area contributed by atoms with Crippen LogP contribution in [-0.2, 0) is 14.6 Å². The number of piperidine rings is 1. The van der Waals surface area contributed by atoms with Crippen LogP contribution in [0.4, 0.5) is 0 Å². The van der Waals surface area contributed by atoms with E-state index < -0.39 is 15.1 Å². The topological polar surface area (TPSA) is 72.3 Å². The van der Waals surface area contributed by atoms with Gasteiger partial charge in [0, 0.05) is 25.5 Å². The highest BCUT2D eigenvalue weighted by atomic mass is 32.2. The molecule has 6 nitrogen and oxygen atoms in total. The Morgan fingerprint density at radius 3 is 2.80 bits per heavy atom. The molecule has 112 valence electrons. The summed E-state index contributed by atoms with van der Waals surface area (Å²) in [4.78, 5) is 17.8. The van der Waals surface area contributed by atoms with Crippen molar-refractivity contribution < 1.29 is 13.2 Å². The van der Waals surface area contributed by atoms with E-state index in [4.69, 9.17) is 0 Å². The van der Waals surface area contributed by atoms with Gasteiger partial charge in [0.25, 0.3) is 0 Å². The highest BCUT2D eigenvalue weighted by molar-refractivity contribution is 7.92. The van der Waals surface area contributed by atoms with E-state index in [9.17, 15) is 13.2 Å². The molecule has 0 spiro atoms. The number of amides is 1. The van der Waals surface area contributed by atoms with E-state index in [1.54, 1.807) is 31.3 Å². The average Bonchev–Trinajstić information content (AvgIpc) is 2.92. The van der Waals surface area contributed by atoms with Crippen LogP contribution in [0.3, 0.4) is 0 Å². The van der Waals surface area contributed by atoms with Gasteiger partial charge in [0.1, 0.15) is 5.75 Å². The summed E-state index contributed by atoms with van der Waals surface area (Å²) in [6.07, 6.45) is 7.20. The zero-order valence-electron chi connectivity index (χ0n) is 11.9. The lowest BCUT2D eigenvalue weighted by Gasteiger charge is -2.33. The van der Waals surface area contributed by atoms with Crippen molar-refractivity contribution in [2.24, 2.45) is 0 Å². The minimum absolute atomic E-state index is 0.192. The minimum atomic E-state index is -3.33. The molecule has 1 amide bonds. The fourth-order valence-electron chi connectivity index (χ4n) is 2.34. The summed E-state index contributed by atoms with van der Waals surface area (Å²) in [5.74, 6) is -0.676. The van der Waals surface area contributed by atoms with Gasteiger partial charge in [-0.25, -0.2) is 13.4 Å². The van der Waals surface area contributed by atoms with Gasteiger partial charge < -0.3 is 9.47 Å². The third-order valence-electron chi connectivity index (χ3n) is 3.74. The highest BCUT2D eigenvalue weighted by Gasteiger charge is 2.28. The lowest BCUT2D eigenvalue weighted by Crippen LogP contribution is -2.43. The molecule has 0 aromatic carbocycles. The Labute approximate surface area is 119 Å². The van der Waals surface area contributed by atoms with Gasteiger partial charge in [-0.05, 0) is 26.7 Å². The van der Waals surface area contributed by atoms with Gasteiger partial charge in [0.2, 0.25) is 5.91 Å². The molecule has 0 unspecified atom stereocenters. The first-order chi connectivity index (χ1) is 9.40. The summed E-state index contributed by atoms with van der Waals surface area (Å²) in [6.45, 7) is 4.40. The summed E-state index contributed by atoms with van der Waals surface area (Å²) in [5.41, 5.74) is 0. The van der Waals surface area contributed by atoms with E-state index in [1.807, 2.05) is 10.8 Å². The van der Waals surface area contributed by atoms with Crippen LogP contribution in [0.15, 0.2) is 18.7 Å². The second-order valence-electron chi connectivity index (χ2n) is 5.50. The van der Waals surface area contributed by atoms with Gasteiger partial charge in [-0.1, -0.05) is 0 Å². The largest absolute Gasteiger partial charge is 0.340 e. The molecule has 1 aliphatic heterocycles. The lowest BCUT2D eigenvalue weighted by atomic mass is 10.1. The number of imidazole rings is 1. The Bertz CT molecular complexity index is 551. The number of aromatic nitrogens is 2. The third kappa shape index (κ3) is 3.39. The van der Waals surface area contributed by atoms with Crippen LogP contribution in [-0.4, -0.2) is 52.9 Å². The predicted molar refractivity (Wildman–Crippen MR) is 76.0 cm³/mol. The smallest absolute Gasteiger partial charge is 0.237 e. The van der Waals surface area contributed by atoms with Gasteiger partial charge in [-0.15, -0.1) is 0 Å². The number of sulfone groups is 1. The average molecular weight is 299 g/mol. The number of rotatable bonds is 4. The van der Waals surface area contributed by atoms with E-state index in [2.05, 4.69) is 4.98 Å². The molecular formula is C13H21N3O3S. The Kier molecular flexibility index (Phi) is 4.47. The second kappa shape index (κ2) is 5.95. The van der Waals surface area contributed by atoms with Gasteiger partial charge in [-0.2, -0.15) is 0 Å². The van der Waals surface area contributed by atoms with Crippen molar-refractivity contribution in [1.82, 2.24) is 14.5 Å². The Morgan fingerprint density at radius 2 is 2.20 bits per heavy atom. The molecule has 0 bridgehead atoms. The van der Waals surface area contributed by atoms with Gasteiger partial charge in [0.05, 0.1) is 17.6 Å². The van der Waals surface area contributed by atoms with Crippen molar-refractivity contribution in [3.63, 3.8) is 0 Å². The zero-order chi connectivity index (χ0) is 14.8. The number of carbonyl (C=O) groups is 1. The summed E-state index contributed by atoms with van der Waals surface area (Å²) >= 11 is 0. The number of nitrogens with zero attached hydrogens (tertiary/aromatic N) is 3. The summed E-state index contributed by atoms with van der Waals surface area (Å²) in [7, 11) is -3.33. The van der Waals surface area contributed by atoms with Crippen molar-refractivity contribution >= 4 is 15.7 Å². The van der Waals surface area contributed by atoms with Crippen molar-refractivity contribution in [1.29, 1.82) is 0 Å². The van der Waals surface area contributed by atoms with Crippen molar-refractivity contribution in [3.05, 3.63) is 18.7 Å². The molecule has 1 aromatic heterocycles. The fourth-order valence-corrected chi connectivity index (χ4v) is 3.20. The van der Waals surface area contributed by atoms with Gasteiger partial charge in [0.15, 0.2) is 9.84 Å². The number of likely N-dealkylation sites (tertiary alicyclic amines) is 1. The second-order valence-corrected chi connectivity index (χ2v) is 8.06. The molecule has 0 aliphatic carbocycles.